The molecule has 1 aromatic heterocycles. The summed E-state index contributed by atoms with van der Waals surface area (Å²) in [5.41, 5.74) is 4.68. The summed E-state index contributed by atoms with van der Waals surface area (Å²) in [6.07, 6.45) is 0. The zero-order valence-electron chi connectivity index (χ0n) is 14.9. The van der Waals surface area contributed by atoms with E-state index in [-0.39, 0.29) is 0 Å². The zero-order chi connectivity index (χ0) is 17.4. The van der Waals surface area contributed by atoms with Gasteiger partial charge in [-0.1, -0.05) is 29.8 Å². The van der Waals surface area contributed by atoms with Crippen molar-refractivity contribution >= 4 is 5.96 Å². The molecule has 0 aliphatic carbocycles. The van der Waals surface area contributed by atoms with Gasteiger partial charge in [0.25, 0.3) is 0 Å². The third-order valence-electron chi connectivity index (χ3n) is 3.68. The van der Waals surface area contributed by atoms with Crippen LogP contribution in [0.15, 0.2) is 41.4 Å². The maximum Gasteiger partial charge on any atom is 0.213 e. The number of aromatic nitrogens is 1. The van der Waals surface area contributed by atoms with E-state index in [1.54, 1.807) is 7.11 Å². The fourth-order valence-corrected chi connectivity index (χ4v) is 2.37. The highest BCUT2D eigenvalue weighted by atomic mass is 16.5. The number of hydrogen-bond acceptors (Lipinski definition) is 3. The Morgan fingerprint density at radius 1 is 1.17 bits per heavy atom. The minimum absolute atomic E-state index is 0.593. The number of nitrogens with zero attached hydrogens (tertiary/aromatic N) is 2. The first-order valence-electron chi connectivity index (χ1n) is 8.20. The molecule has 0 fully saturated rings. The Morgan fingerprint density at radius 2 is 2.00 bits per heavy atom. The molecule has 0 saturated carbocycles. The summed E-state index contributed by atoms with van der Waals surface area (Å²) in [7, 11) is 1.62. The molecule has 2 N–H and O–H groups in total. The highest BCUT2D eigenvalue weighted by molar-refractivity contribution is 5.79. The molecule has 0 aliphatic rings. The van der Waals surface area contributed by atoms with Gasteiger partial charge in [-0.2, -0.15) is 0 Å². The Morgan fingerprint density at radius 3 is 2.71 bits per heavy atom. The predicted octanol–water partition coefficient (Wildman–Crippen LogP) is 2.96. The third-order valence-corrected chi connectivity index (χ3v) is 3.68. The minimum atomic E-state index is 0.593. The number of nitrogens with one attached hydrogen (secondary N) is 2. The average molecular weight is 326 g/mol. The van der Waals surface area contributed by atoms with Crippen molar-refractivity contribution < 1.29 is 4.74 Å². The van der Waals surface area contributed by atoms with Crippen molar-refractivity contribution in [3.8, 4) is 5.88 Å². The van der Waals surface area contributed by atoms with E-state index in [2.05, 4.69) is 59.6 Å². The molecule has 2 rings (SSSR count). The Kier molecular flexibility index (Phi) is 6.61. The molecule has 1 heterocycles. The van der Waals surface area contributed by atoms with Crippen LogP contribution in [0.4, 0.5) is 0 Å². The quantitative estimate of drug-likeness (QED) is 0.633. The molecule has 24 heavy (non-hydrogen) atoms. The topological polar surface area (TPSA) is 58.5 Å². The normalized spacial score (nSPS) is 11.2. The Balaban J connectivity index is 2.02. The van der Waals surface area contributed by atoms with Crippen LogP contribution in [0.5, 0.6) is 5.88 Å². The lowest BCUT2D eigenvalue weighted by molar-refractivity contribution is 0.396. The molecule has 0 atom stereocenters. The van der Waals surface area contributed by atoms with Crippen LogP contribution in [-0.4, -0.2) is 24.6 Å². The van der Waals surface area contributed by atoms with E-state index in [0.29, 0.717) is 19.0 Å². The Hall–Kier alpha value is -2.56. The van der Waals surface area contributed by atoms with Gasteiger partial charge in [0, 0.05) is 12.6 Å². The van der Waals surface area contributed by atoms with Gasteiger partial charge in [0.15, 0.2) is 5.96 Å². The summed E-state index contributed by atoms with van der Waals surface area (Å²) in [6, 6.07) is 12.2. The van der Waals surface area contributed by atoms with Crippen molar-refractivity contribution in [3.63, 3.8) is 0 Å². The molecular formula is C19H26N4O. The molecule has 5 nitrogen and oxygen atoms in total. The van der Waals surface area contributed by atoms with Gasteiger partial charge in [-0.3, -0.25) is 0 Å². The van der Waals surface area contributed by atoms with Crippen molar-refractivity contribution in [1.29, 1.82) is 0 Å². The number of ether oxygens (including phenoxy) is 1. The van der Waals surface area contributed by atoms with Crippen LogP contribution in [0.25, 0.3) is 0 Å². The number of methoxy groups -OCH3 is 1. The molecule has 0 radical (unpaired) electrons. The summed E-state index contributed by atoms with van der Waals surface area (Å²) in [4.78, 5) is 9.07. The van der Waals surface area contributed by atoms with Crippen molar-refractivity contribution in [2.75, 3.05) is 13.7 Å². The van der Waals surface area contributed by atoms with Crippen LogP contribution in [-0.2, 0) is 13.1 Å². The summed E-state index contributed by atoms with van der Waals surface area (Å²) in [5.74, 6) is 1.40. The SMILES string of the molecule is CCNC(=NCc1ccc(C)cc1C)NCc1cccc(OC)n1. The van der Waals surface area contributed by atoms with Gasteiger partial charge in [-0.15, -0.1) is 0 Å². The fraction of sp³-hybridized carbons (Fsp3) is 0.368. The van der Waals surface area contributed by atoms with Gasteiger partial charge in [0.2, 0.25) is 5.88 Å². The first-order chi connectivity index (χ1) is 11.6. The van der Waals surface area contributed by atoms with Gasteiger partial charge < -0.3 is 15.4 Å². The lowest BCUT2D eigenvalue weighted by Crippen LogP contribution is -2.37. The van der Waals surface area contributed by atoms with Crippen molar-refractivity contribution in [3.05, 3.63) is 58.8 Å². The van der Waals surface area contributed by atoms with E-state index >= 15 is 0 Å². The number of benzene rings is 1. The monoisotopic (exact) mass is 326 g/mol. The van der Waals surface area contributed by atoms with E-state index in [1.165, 1.54) is 16.7 Å². The van der Waals surface area contributed by atoms with E-state index in [9.17, 15) is 0 Å². The summed E-state index contributed by atoms with van der Waals surface area (Å²) in [6.45, 7) is 8.33. The van der Waals surface area contributed by atoms with Crippen LogP contribution in [0.3, 0.4) is 0 Å². The third kappa shape index (κ3) is 5.26. The molecule has 0 unspecified atom stereocenters. The number of guanidine groups is 1. The highest BCUT2D eigenvalue weighted by Gasteiger charge is 2.02. The number of aryl methyl sites for hydroxylation is 2. The van der Waals surface area contributed by atoms with Gasteiger partial charge in [0.1, 0.15) is 0 Å². The van der Waals surface area contributed by atoms with Crippen molar-refractivity contribution in [2.24, 2.45) is 4.99 Å². The van der Waals surface area contributed by atoms with Gasteiger partial charge in [-0.05, 0) is 38.0 Å². The smallest absolute Gasteiger partial charge is 0.213 e. The van der Waals surface area contributed by atoms with E-state index in [0.717, 1.165) is 18.2 Å². The second-order valence-electron chi connectivity index (χ2n) is 5.65. The number of pyridine rings is 1. The molecule has 2 aromatic rings. The molecule has 0 spiro atoms. The molecule has 0 amide bonds. The van der Waals surface area contributed by atoms with Gasteiger partial charge in [0.05, 0.1) is 25.9 Å². The Labute approximate surface area is 144 Å². The molecule has 128 valence electrons. The Bertz CT molecular complexity index is 698. The van der Waals surface area contributed by atoms with E-state index < -0.39 is 0 Å². The van der Waals surface area contributed by atoms with E-state index in [1.807, 2.05) is 18.2 Å². The maximum atomic E-state index is 5.15. The lowest BCUT2D eigenvalue weighted by Gasteiger charge is -2.12. The maximum absolute atomic E-state index is 5.15. The van der Waals surface area contributed by atoms with Crippen LogP contribution in [0, 0.1) is 13.8 Å². The summed E-state index contributed by atoms with van der Waals surface area (Å²) >= 11 is 0. The van der Waals surface area contributed by atoms with Crippen LogP contribution < -0.4 is 15.4 Å². The molecule has 5 heteroatoms. The molecular weight excluding hydrogens is 300 g/mol. The summed E-state index contributed by atoms with van der Waals surface area (Å²) < 4.78 is 5.15. The molecule has 0 bridgehead atoms. The molecule has 0 aliphatic heterocycles. The van der Waals surface area contributed by atoms with Crippen LogP contribution in [0.1, 0.15) is 29.3 Å². The number of aliphatic imine (C=N–C) groups is 1. The van der Waals surface area contributed by atoms with Crippen LogP contribution in [0.2, 0.25) is 0 Å². The molecule has 0 saturated heterocycles. The van der Waals surface area contributed by atoms with Crippen molar-refractivity contribution in [2.45, 2.75) is 33.9 Å². The van der Waals surface area contributed by atoms with Gasteiger partial charge >= 0.3 is 0 Å². The second kappa shape index (κ2) is 8.91. The fourth-order valence-electron chi connectivity index (χ4n) is 2.37. The summed E-state index contributed by atoms with van der Waals surface area (Å²) in [5, 5.41) is 6.57. The predicted molar refractivity (Wildman–Crippen MR) is 98.4 cm³/mol. The van der Waals surface area contributed by atoms with E-state index in [4.69, 9.17) is 4.74 Å². The highest BCUT2D eigenvalue weighted by Crippen LogP contribution is 2.11. The number of rotatable bonds is 6. The number of hydrogen-bond donors (Lipinski definition) is 2. The second-order valence-corrected chi connectivity index (χ2v) is 5.65. The lowest BCUT2D eigenvalue weighted by atomic mass is 10.1. The molecule has 1 aromatic carbocycles. The van der Waals surface area contributed by atoms with Crippen LogP contribution >= 0.6 is 0 Å². The average Bonchev–Trinajstić information content (AvgIpc) is 2.59. The minimum Gasteiger partial charge on any atom is -0.481 e. The zero-order valence-corrected chi connectivity index (χ0v) is 14.9. The largest absolute Gasteiger partial charge is 0.481 e. The first-order valence-corrected chi connectivity index (χ1v) is 8.20. The standard InChI is InChI=1S/C19H26N4O/c1-5-20-19(21-12-16-10-9-14(2)11-15(16)3)22-13-17-7-6-8-18(23-17)24-4/h6-11H,5,12-13H2,1-4H3,(H2,20,21,22). The van der Waals surface area contributed by atoms with Gasteiger partial charge in [-0.25, -0.2) is 9.98 Å². The first kappa shape index (κ1) is 17.8. The van der Waals surface area contributed by atoms with Crippen molar-refractivity contribution in [1.82, 2.24) is 15.6 Å².